The molecule has 20 heavy (non-hydrogen) atoms. The van der Waals surface area contributed by atoms with Gasteiger partial charge in [-0.15, -0.1) is 0 Å². The molecule has 0 N–H and O–H groups in total. The molecule has 0 saturated carbocycles. The number of rotatable bonds is 4. The van der Waals surface area contributed by atoms with E-state index in [0.717, 1.165) is 16.8 Å². The van der Waals surface area contributed by atoms with Gasteiger partial charge in [0.15, 0.2) is 0 Å². The first-order valence-electron chi connectivity index (χ1n) is 6.48. The van der Waals surface area contributed by atoms with Gasteiger partial charge in [0, 0.05) is 15.7 Å². The number of ether oxygens (including phenoxy) is 1. The zero-order chi connectivity index (χ0) is 13.9. The molecule has 1 saturated heterocycles. The predicted molar refractivity (Wildman–Crippen MR) is 82.0 cm³/mol. The Kier molecular flexibility index (Phi) is 3.85. The smallest absolute Gasteiger partial charge is 0.258 e. The topological polar surface area (TPSA) is 32.8 Å². The average molecular weight is 332 g/mol. The van der Waals surface area contributed by atoms with Crippen molar-refractivity contribution >= 4 is 27.5 Å². The monoisotopic (exact) mass is 331 g/mol. The molecule has 1 unspecified atom stereocenters. The summed E-state index contributed by atoms with van der Waals surface area (Å²) in [5.41, 5.74) is 1.57. The SMILES string of the molecule is O=C(c1ccccc1)N(CC1CO1)c1cccc(Br)c1. The van der Waals surface area contributed by atoms with Gasteiger partial charge in [0.25, 0.3) is 5.91 Å². The number of amides is 1. The number of carbonyl (C=O) groups is 1. The Hall–Kier alpha value is -1.65. The van der Waals surface area contributed by atoms with Crippen LogP contribution < -0.4 is 4.90 Å². The second-order valence-corrected chi connectivity index (χ2v) is 5.63. The molecule has 0 spiro atoms. The molecular formula is C16H14BrNO2. The van der Waals surface area contributed by atoms with Gasteiger partial charge in [-0.25, -0.2) is 0 Å². The third kappa shape index (κ3) is 3.08. The van der Waals surface area contributed by atoms with E-state index in [9.17, 15) is 4.79 Å². The minimum absolute atomic E-state index is 0.000741. The molecule has 0 bridgehead atoms. The number of hydrogen-bond donors (Lipinski definition) is 0. The lowest BCUT2D eigenvalue weighted by molar-refractivity contribution is 0.0984. The molecule has 0 radical (unpaired) electrons. The van der Waals surface area contributed by atoms with Gasteiger partial charge in [-0.05, 0) is 30.3 Å². The van der Waals surface area contributed by atoms with Crippen LogP contribution in [0.25, 0.3) is 0 Å². The molecule has 1 atom stereocenters. The molecule has 3 nitrogen and oxygen atoms in total. The van der Waals surface area contributed by atoms with Gasteiger partial charge in [-0.3, -0.25) is 4.79 Å². The third-order valence-corrected chi connectivity index (χ3v) is 3.67. The van der Waals surface area contributed by atoms with Crippen molar-refractivity contribution in [2.24, 2.45) is 0 Å². The van der Waals surface area contributed by atoms with Crippen molar-refractivity contribution in [2.75, 3.05) is 18.1 Å². The zero-order valence-electron chi connectivity index (χ0n) is 10.8. The van der Waals surface area contributed by atoms with Crippen LogP contribution in [-0.4, -0.2) is 25.2 Å². The highest BCUT2D eigenvalue weighted by Gasteiger charge is 2.29. The number of hydrogen-bond acceptors (Lipinski definition) is 2. The summed E-state index contributed by atoms with van der Waals surface area (Å²) in [4.78, 5) is 14.5. The molecule has 1 amide bonds. The van der Waals surface area contributed by atoms with Crippen molar-refractivity contribution in [3.05, 3.63) is 64.6 Å². The Balaban J connectivity index is 1.91. The predicted octanol–water partition coefficient (Wildman–Crippen LogP) is 3.49. The third-order valence-electron chi connectivity index (χ3n) is 3.17. The first-order chi connectivity index (χ1) is 9.74. The summed E-state index contributed by atoms with van der Waals surface area (Å²) in [6.07, 6.45) is 0.154. The number of anilines is 1. The number of carbonyl (C=O) groups excluding carboxylic acids is 1. The van der Waals surface area contributed by atoms with Crippen molar-refractivity contribution in [1.29, 1.82) is 0 Å². The fraction of sp³-hybridized carbons (Fsp3) is 0.188. The average Bonchev–Trinajstić information content (AvgIpc) is 3.29. The van der Waals surface area contributed by atoms with Crippen molar-refractivity contribution in [3.8, 4) is 0 Å². The summed E-state index contributed by atoms with van der Waals surface area (Å²) < 4.78 is 6.23. The normalized spacial score (nSPS) is 16.8. The Morgan fingerprint density at radius 3 is 2.60 bits per heavy atom. The van der Waals surface area contributed by atoms with Gasteiger partial charge >= 0.3 is 0 Å². The summed E-state index contributed by atoms with van der Waals surface area (Å²) in [6, 6.07) is 17.1. The molecular weight excluding hydrogens is 318 g/mol. The number of nitrogens with zero attached hydrogens (tertiary/aromatic N) is 1. The van der Waals surface area contributed by atoms with Gasteiger partial charge in [-0.2, -0.15) is 0 Å². The van der Waals surface area contributed by atoms with E-state index in [-0.39, 0.29) is 12.0 Å². The summed E-state index contributed by atoms with van der Waals surface area (Å²) >= 11 is 3.45. The van der Waals surface area contributed by atoms with E-state index in [1.165, 1.54) is 0 Å². The molecule has 1 aliphatic heterocycles. The highest BCUT2D eigenvalue weighted by Crippen LogP contribution is 2.24. The van der Waals surface area contributed by atoms with Gasteiger partial charge < -0.3 is 9.64 Å². The number of halogens is 1. The van der Waals surface area contributed by atoms with Crippen molar-refractivity contribution < 1.29 is 9.53 Å². The van der Waals surface area contributed by atoms with Crippen LogP contribution >= 0.6 is 15.9 Å². The van der Waals surface area contributed by atoms with Crippen LogP contribution in [0.5, 0.6) is 0 Å². The molecule has 1 aliphatic rings. The highest BCUT2D eigenvalue weighted by molar-refractivity contribution is 9.10. The Morgan fingerprint density at radius 2 is 1.95 bits per heavy atom. The van der Waals surface area contributed by atoms with Gasteiger partial charge in [-0.1, -0.05) is 40.2 Å². The largest absolute Gasteiger partial charge is 0.371 e. The van der Waals surface area contributed by atoms with E-state index >= 15 is 0 Å². The summed E-state index contributed by atoms with van der Waals surface area (Å²) in [7, 11) is 0. The summed E-state index contributed by atoms with van der Waals surface area (Å²) in [5.74, 6) is -0.000741. The maximum absolute atomic E-state index is 12.7. The zero-order valence-corrected chi connectivity index (χ0v) is 12.4. The molecule has 3 rings (SSSR count). The van der Waals surface area contributed by atoms with Crippen LogP contribution in [0.3, 0.4) is 0 Å². The number of benzene rings is 2. The molecule has 102 valence electrons. The Morgan fingerprint density at radius 1 is 1.20 bits per heavy atom. The fourth-order valence-electron chi connectivity index (χ4n) is 2.06. The van der Waals surface area contributed by atoms with E-state index < -0.39 is 0 Å². The summed E-state index contributed by atoms with van der Waals surface area (Å²) in [5, 5.41) is 0. The first kappa shape index (κ1) is 13.3. The molecule has 0 aliphatic carbocycles. The van der Waals surface area contributed by atoms with Crippen molar-refractivity contribution in [3.63, 3.8) is 0 Å². The molecule has 1 heterocycles. The van der Waals surface area contributed by atoms with Gasteiger partial charge in [0.2, 0.25) is 0 Å². The molecule has 4 heteroatoms. The number of epoxide rings is 1. The minimum Gasteiger partial charge on any atom is -0.371 e. The fourth-order valence-corrected chi connectivity index (χ4v) is 2.45. The second kappa shape index (κ2) is 5.77. The maximum Gasteiger partial charge on any atom is 0.258 e. The van der Waals surface area contributed by atoms with Crippen LogP contribution in [0.15, 0.2) is 59.1 Å². The van der Waals surface area contributed by atoms with Crippen LogP contribution in [0.1, 0.15) is 10.4 Å². The molecule has 2 aromatic rings. The lowest BCUT2D eigenvalue weighted by Crippen LogP contribution is -2.34. The lowest BCUT2D eigenvalue weighted by Gasteiger charge is -2.22. The summed E-state index contributed by atoms with van der Waals surface area (Å²) in [6.45, 7) is 1.32. The first-order valence-corrected chi connectivity index (χ1v) is 7.27. The Bertz CT molecular complexity index is 611. The van der Waals surface area contributed by atoms with E-state index in [1.54, 1.807) is 4.90 Å². The van der Waals surface area contributed by atoms with E-state index in [1.807, 2.05) is 54.6 Å². The van der Waals surface area contributed by atoms with E-state index in [2.05, 4.69) is 15.9 Å². The highest BCUT2D eigenvalue weighted by atomic mass is 79.9. The van der Waals surface area contributed by atoms with Gasteiger partial charge in [0.05, 0.1) is 19.3 Å². The standard InChI is InChI=1S/C16H14BrNO2/c17-13-7-4-8-14(9-13)18(10-15-11-20-15)16(19)12-5-2-1-3-6-12/h1-9,15H,10-11H2. The van der Waals surface area contributed by atoms with Crippen LogP contribution in [-0.2, 0) is 4.74 Å². The lowest BCUT2D eigenvalue weighted by atomic mass is 10.1. The van der Waals surface area contributed by atoms with Gasteiger partial charge in [0.1, 0.15) is 0 Å². The minimum atomic E-state index is -0.000741. The maximum atomic E-state index is 12.7. The molecule has 1 fully saturated rings. The Labute approximate surface area is 126 Å². The van der Waals surface area contributed by atoms with Crippen molar-refractivity contribution in [2.45, 2.75) is 6.10 Å². The van der Waals surface area contributed by atoms with Crippen molar-refractivity contribution in [1.82, 2.24) is 0 Å². The van der Waals surface area contributed by atoms with E-state index in [0.29, 0.717) is 12.1 Å². The van der Waals surface area contributed by atoms with E-state index in [4.69, 9.17) is 4.74 Å². The second-order valence-electron chi connectivity index (χ2n) is 4.72. The molecule has 2 aromatic carbocycles. The van der Waals surface area contributed by atoms with Crippen LogP contribution in [0.2, 0.25) is 0 Å². The molecule has 0 aromatic heterocycles. The van der Waals surface area contributed by atoms with Crippen LogP contribution in [0.4, 0.5) is 5.69 Å². The quantitative estimate of drug-likeness (QED) is 0.803. The van der Waals surface area contributed by atoms with Crippen LogP contribution in [0, 0.1) is 0 Å².